The fourth-order valence-corrected chi connectivity index (χ4v) is 4.84. The Kier molecular flexibility index (Phi) is 7.50. The van der Waals surface area contributed by atoms with Gasteiger partial charge in [-0.3, -0.25) is 10.1 Å². The van der Waals surface area contributed by atoms with Crippen LogP contribution in [-0.4, -0.2) is 57.3 Å². The summed E-state index contributed by atoms with van der Waals surface area (Å²) in [6, 6.07) is 0.153. The zero-order valence-corrected chi connectivity index (χ0v) is 16.8. The zero-order valence-electron chi connectivity index (χ0n) is 15.2. The predicted molar refractivity (Wildman–Crippen MR) is 105 cm³/mol. The number of amides is 1. The molecule has 0 aromatic carbocycles. The highest BCUT2D eigenvalue weighted by molar-refractivity contribution is 8.01. The molecule has 1 aliphatic heterocycles. The van der Waals surface area contributed by atoms with Crippen molar-refractivity contribution >= 4 is 35.0 Å². The maximum absolute atomic E-state index is 12.2. The van der Waals surface area contributed by atoms with E-state index in [9.17, 15) is 9.59 Å². The van der Waals surface area contributed by atoms with Crippen LogP contribution in [0.25, 0.3) is 0 Å². The molecule has 142 valence electrons. The number of likely N-dealkylation sites (tertiary alicyclic amines) is 1. The number of nitrogens with one attached hydrogen (secondary N) is 1. The van der Waals surface area contributed by atoms with Gasteiger partial charge in [0.05, 0.1) is 5.54 Å². The zero-order chi connectivity index (χ0) is 19.2. The second-order valence-electron chi connectivity index (χ2n) is 6.25. The fourth-order valence-electron chi connectivity index (χ4n) is 3.03. The number of aromatic carboxylic acids is 1. The third-order valence-electron chi connectivity index (χ3n) is 4.87. The molecule has 0 unspecified atom stereocenters. The molecular formula is C18H25N3O3S2. The second kappa shape index (κ2) is 9.40. The molecule has 2 heterocycles. The molecule has 6 nitrogen and oxygen atoms in total. The molecule has 2 rings (SSSR count). The van der Waals surface area contributed by atoms with Gasteiger partial charge in [0, 0.05) is 36.7 Å². The lowest BCUT2D eigenvalue weighted by Crippen LogP contribution is -2.49. The van der Waals surface area contributed by atoms with E-state index < -0.39 is 5.97 Å². The van der Waals surface area contributed by atoms with Crippen molar-refractivity contribution in [2.75, 3.05) is 18.8 Å². The molecule has 1 aliphatic rings. The van der Waals surface area contributed by atoms with Crippen molar-refractivity contribution in [3.63, 3.8) is 0 Å². The molecule has 0 saturated carbocycles. The Morgan fingerprint density at radius 1 is 1.58 bits per heavy atom. The topological polar surface area (TPSA) is 82.5 Å². The van der Waals surface area contributed by atoms with Gasteiger partial charge in [0.2, 0.25) is 5.91 Å². The number of thioether (sulfide) groups is 1. The fraction of sp³-hybridized carbons (Fsp3) is 0.611. The van der Waals surface area contributed by atoms with Gasteiger partial charge in [-0.15, -0.1) is 17.8 Å². The van der Waals surface area contributed by atoms with Gasteiger partial charge >= 0.3 is 5.97 Å². The average Bonchev–Trinajstić information content (AvgIpc) is 3.25. The normalized spacial score (nSPS) is 17.5. The van der Waals surface area contributed by atoms with E-state index in [4.69, 9.17) is 11.5 Å². The molecule has 1 amide bonds. The highest BCUT2D eigenvalue weighted by Gasteiger charge is 2.32. The van der Waals surface area contributed by atoms with Crippen LogP contribution in [0, 0.1) is 12.3 Å². The number of hydrogen-bond acceptors (Lipinski definition) is 6. The summed E-state index contributed by atoms with van der Waals surface area (Å²) in [7, 11) is 0. The molecule has 2 N–H and O–H groups in total. The summed E-state index contributed by atoms with van der Waals surface area (Å²) in [6.07, 6.45) is 8.81. The highest BCUT2D eigenvalue weighted by atomic mass is 32.2. The van der Waals surface area contributed by atoms with Crippen LogP contribution in [-0.2, 0) is 4.79 Å². The van der Waals surface area contributed by atoms with Crippen LogP contribution < -0.4 is 5.32 Å². The van der Waals surface area contributed by atoms with Crippen LogP contribution in [0.3, 0.4) is 0 Å². The van der Waals surface area contributed by atoms with Gasteiger partial charge in [-0.1, -0.05) is 31.5 Å². The summed E-state index contributed by atoms with van der Waals surface area (Å²) in [4.78, 5) is 29.1. The number of aromatic nitrogens is 1. The van der Waals surface area contributed by atoms with Gasteiger partial charge in [-0.05, 0) is 19.3 Å². The standard InChI is InChI=1S/C18H25N3O3S2/c1-4-18(5-2,6-3)19-11-13-7-8-15(22)21(13)9-10-25-17-20-14(12-26-17)16(23)24/h1,12-13,19H,5-11H2,2-3H3,(H,23,24)/t13-/m1/s1. The van der Waals surface area contributed by atoms with Crippen molar-refractivity contribution in [2.24, 2.45) is 0 Å². The van der Waals surface area contributed by atoms with E-state index in [1.165, 1.54) is 28.5 Å². The van der Waals surface area contributed by atoms with Crippen LogP contribution in [0.2, 0.25) is 0 Å². The number of nitrogens with zero attached hydrogens (tertiary/aromatic N) is 2. The summed E-state index contributed by atoms with van der Waals surface area (Å²) >= 11 is 2.80. The van der Waals surface area contributed by atoms with Gasteiger partial charge < -0.3 is 10.0 Å². The molecule has 1 aromatic rings. The van der Waals surface area contributed by atoms with Crippen molar-refractivity contribution in [1.29, 1.82) is 0 Å². The molecule has 0 bridgehead atoms. The molecular weight excluding hydrogens is 370 g/mol. The Morgan fingerprint density at radius 2 is 2.31 bits per heavy atom. The Bertz CT molecular complexity index is 679. The maximum Gasteiger partial charge on any atom is 0.355 e. The van der Waals surface area contributed by atoms with Crippen LogP contribution in [0.5, 0.6) is 0 Å². The summed E-state index contributed by atoms with van der Waals surface area (Å²) in [5, 5.41) is 13.9. The molecule has 1 saturated heterocycles. The lowest BCUT2D eigenvalue weighted by molar-refractivity contribution is -0.128. The number of hydrogen-bond donors (Lipinski definition) is 2. The average molecular weight is 396 g/mol. The molecule has 1 aromatic heterocycles. The Balaban J connectivity index is 1.87. The number of rotatable bonds is 10. The molecule has 1 atom stereocenters. The minimum Gasteiger partial charge on any atom is -0.476 e. The third-order valence-corrected chi connectivity index (χ3v) is 6.87. The van der Waals surface area contributed by atoms with E-state index in [2.05, 4.69) is 30.1 Å². The van der Waals surface area contributed by atoms with Crippen molar-refractivity contribution in [3.05, 3.63) is 11.1 Å². The lowest BCUT2D eigenvalue weighted by atomic mass is 9.93. The van der Waals surface area contributed by atoms with E-state index >= 15 is 0 Å². The highest BCUT2D eigenvalue weighted by Crippen LogP contribution is 2.25. The number of carbonyl (C=O) groups excluding carboxylic acids is 1. The summed E-state index contributed by atoms with van der Waals surface area (Å²) in [5.74, 6) is 2.71. The molecule has 26 heavy (non-hydrogen) atoms. The number of thiazole rings is 1. The van der Waals surface area contributed by atoms with E-state index in [1.54, 1.807) is 0 Å². The smallest absolute Gasteiger partial charge is 0.355 e. The Hall–Kier alpha value is -1.56. The molecule has 1 fully saturated rings. The van der Waals surface area contributed by atoms with E-state index in [0.717, 1.165) is 19.3 Å². The van der Waals surface area contributed by atoms with Gasteiger partial charge in [-0.2, -0.15) is 0 Å². The van der Waals surface area contributed by atoms with Crippen LogP contribution in [0.1, 0.15) is 50.0 Å². The predicted octanol–water partition coefficient (Wildman–Crippen LogP) is 2.71. The monoisotopic (exact) mass is 395 g/mol. The Labute approximate surface area is 162 Å². The summed E-state index contributed by atoms with van der Waals surface area (Å²) in [5.41, 5.74) is -0.234. The van der Waals surface area contributed by atoms with Crippen molar-refractivity contribution < 1.29 is 14.7 Å². The first-order chi connectivity index (χ1) is 12.4. The first-order valence-electron chi connectivity index (χ1n) is 8.78. The summed E-state index contributed by atoms with van der Waals surface area (Å²) in [6.45, 7) is 5.47. The SMILES string of the molecule is C#CC(CC)(CC)NC[C@H]1CCC(=O)N1CCSc1nc(C(=O)O)cs1. The molecule has 0 radical (unpaired) electrons. The van der Waals surface area contributed by atoms with Crippen LogP contribution >= 0.6 is 23.1 Å². The quantitative estimate of drug-likeness (QED) is 0.468. The van der Waals surface area contributed by atoms with E-state index in [0.29, 0.717) is 29.6 Å². The first kappa shape index (κ1) is 20.7. The third kappa shape index (κ3) is 5.00. The van der Waals surface area contributed by atoms with Crippen LogP contribution in [0.15, 0.2) is 9.72 Å². The van der Waals surface area contributed by atoms with Crippen molar-refractivity contribution in [1.82, 2.24) is 15.2 Å². The van der Waals surface area contributed by atoms with Crippen molar-refractivity contribution in [2.45, 2.75) is 55.5 Å². The van der Waals surface area contributed by atoms with Crippen molar-refractivity contribution in [3.8, 4) is 12.3 Å². The number of carboxylic acid groups (broad SMARTS) is 1. The molecule has 8 heteroatoms. The minimum absolute atomic E-state index is 0.0709. The van der Waals surface area contributed by atoms with Gasteiger partial charge in [0.1, 0.15) is 0 Å². The van der Waals surface area contributed by atoms with Gasteiger partial charge in [-0.25, -0.2) is 9.78 Å². The number of carbonyl (C=O) groups is 2. The number of terminal acetylenes is 1. The van der Waals surface area contributed by atoms with E-state index in [1.807, 2.05) is 4.90 Å². The van der Waals surface area contributed by atoms with Gasteiger partial charge in [0.15, 0.2) is 10.0 Å². The van der Waals surface area contributed by atoms with Crippen LogP contribution in [0.4, 0.5) is 0 Å². The molecule has 0 aliphatic carbocycles. The Morgan fingerprint density at radius 3 is 2.88 bits per heavy atom. The van der Waals surface area contributed by atoms with E-state index in [-0.39, 0.29) is 23.2 Å². The van der Waals surface area contributed by atoms with Gasteiger partial charge in [0.25, 0.3) is 0 Å². The largest absolute Gasteiger partial charge is 0.476 e. The lowest BCUT2D eigenvalue weighted by Gasteiger charge is -2.32. The number of carboxylic acids is 1. The second-order valence-corrected chi connectivity index (χ2v) is 8.45. The molecule has 0 spiro atoms. The maximum atomic E-state index is 12.2. The minimum atomic E-state index is -1.02. The summed E-state index contributed by atoms with van der Waals surface area (Å²) < 4.78 is 0.715. The first-order valence-corrected chi connectivity index (χ1v) is 10.6.